The molecule has 6 nitrogen and oxygen atoms in total. The third-order valence-corrected chi connectivity index (χ3v) is 6.12. The van der Waals surface area contributed by atoms with E-state index >= 15 is 0 Å². The van der Waals surface area contributed by atoms with Gasteiger partial charge in [-0.3, -0.25) is 14.5 Å². The van der Waals surface area contributed by atoms with Crippen molar-refractivity contribution in [1.29, 1.82) is 0 Å². The molecule has 0 bridgehead atoms. The Morgan fingerprint density at radius 2 is 1.79 bits per heavy atom. The molecule has 3 aromatic rings. The fraction of sp³-hybridized carbons (Fsp3) is 0.0800. The van der Waals surface area contributed by atoms with Gasteiger partial charge in [0.1, 0.15) is 17.3 Å². The van der Waals surface area contributed by atoms with Crippen molar-refractivity contribution in [3.8, 4) is 11.5 Å². The highest BCUT2D eigenvalue weighted by Gasteiger charge is 2.34. The van der Waals surface area contributed by atoms with Crippen LogP contribution in [0.5, 0.6) is 11.5 Å². The maximum atomic E-state index is 14.1. The topological polar surface area (TPSA) is 67.9 Å². The molecule has 0 spiro atoms. The lowest BCUT2D eigenvalue weighted by Gasteiger charge is -2.14. The van der Waals surface area contributed by atoms with Crippen LogP contribution in [-0.4, -0.2) is 29.9 Å². The highest BCUT2D eigenvalue weighted by atomic mass is 32.2. The summed E-state index contributed by atoms with van der Waals surface area (Å²) in [4.78, 5) is 26.6. The van der Waals surface area contributed by atoms with Crippen LogP contribution < -0.4 is 19.7 Å². The van der Waals surface area contributed by atoms with Gasteiger partial charge in [-0.05, 0) is 48.0 Å². The standard InChI is InChI=1S/C25H19FN2O4S2/c1-31-21-9-5-3-7-19(21)27-23(29)15-32-17-12-10-16(11-13-17)14-22-24(30)28(25(33)34-22)20-8-4-2-6-18(20)26/h2-14H,15H2,1H3,(H,27,29)/b22-14+. The summed E-state index contributed by atoms with van der Waals surface area (Å²) in [6, 6.07) is 20.0. The second-order valence-electron chi connectivity index (χ2n) is 7.07. The van der Waals surface area contributed by atoms with Gasteiger partial charge < -0.3 is 14.8 Å². The molecule has 9 heteroatoms. The third kappa shape index (κ3) is 5.27. The second-order valence-corrected chi connectivity index (χ2v) is 8.75. The zero-order chi connectivity index (χ0) is 24.1. The first-order chi connectivity index (χ1) is 16.5. The van der Waals surface area contributed by atoms with Gasteiger partial charge in [0.15, 0.2) is 10.9 Å². The van der Waals surface area contributed by atoms with Gasteiger partial charge in [0.2, 0.25) is 0 Å². The molecule has 0 unspecified atom stereocenters. The third-order valence-electron chi connectivity index (χ3n) is 4.82. The van der Waals surface area contributed by atoms with Crippen LogP contribution in [0, 0.1) is 5.82 Å². The predicted molar refractivity (Wildman–Crippen MR) is 136 cm³/mol. The molecule has 1 N–H and O–H groups in total. The van der Waals surface area contributed by atoms with Crippen molar-refractivity contribution in [2.75, 3.05) is 23.9 Å². The van der Waals surface area contributed by atoms with Crippen molar-refractivity contribution in [3.05, 3.63) is 89.1 Å². The van der Waals surface area contributed by atoms with Gasteiger partial charge in [0, 0.05) is 0 Å². The van der Waals surface area contributed by atoms with Crippen LogP contribution in [-0.2, 0) is 9.59 Å². The van der Waals surface area contributed by atoms with E-state index in [0.29, 0.717) is 22.1 Å². The Hall–Kier alpha value is -3.69. The minimum Gasteiger partial charge on any atom is -0.495 e. The van der Waals surface area contributed by atoms with Crippen LogP contribution in [0.1, 0.15) is 5.56 Å². The van der Waals surface area contributed by atoms with E-state index in [-0.39, 0.29) is 28.4 Å². The first-order valence-corrected chi connectivity index (χ1v) is 11.4. The molecular weight excluding hydrogens is 475 g/mol. The summed E-state index contributed by atoms with van der Waals surface area (Å²) in [5.74, 6) is -0.179. The number of methoxy groups -OCH3 is 1. The number of nitrogens with one attached hydrogen (secondary N) is 1. The molecule has 172 valence electrons. The molecule has 1 aliphatic rings. The molecule has 0 radical (unpaired) electrons. The quantitative estimate of drug-likeness (QED) is 0.357. The van der Waals surface area contributed by atoms with Gasteiger partial charge in [0.05, 0.1) is 23.4 Å². The zero-order valence-electron chi connectivity index (χ0n) is 18.0. The minimum absolute atomic E-state index is 0.128. The summed E-state index contributed by atoms with van der Waals surface area (Å²) in [5, 5.41) is 2.74. The number of nitrogens with zero attached hydrogens (tertiary/aromatic N) is 1. The number of anilines is 2. The van der Waals surface area contributed by atoms with Crippen molar-refractivity contribution in [3.63, 3.8) is 0 Å². The Morgan fingerprint density at radius 1 is 1.09 bits per heavy atom. The molecule has 34 heavy (non-hydrogen) atoms. The molecular formula is C25H19FN2O4S2. The van der Waals surface area contributed by atoms with Gasteiger partial charge in [-0.15, -0.1) is 0 Å². The van der Waals surface area contributed by atoms with Crippen molar-refractivity contribution >= 4 is 57.6 Å². The Bertz CT molecular complexity index is 1280. The molecule has 0 aliphatic carbocycles. The van der Waals surface area contributed by atoms with Crippen LogP contribution in [0.2, 0.25) is 0 Å². The number of thioether (sulfide) groups is 1. The van der Waals surface area contributed by atoms with Gasteiger partial charge in [-0.1, -0.05) is 60.4 Å². The van der Waals surface area contributed by atoms with E-state index < -0.39 is 5.82 Å². The number of halogens is 1. The molecule has 4 rings (SSSR count). The molecule has 2 amide bonds. The van der Waals surface area contributed by atoms with E-state index in [1.807, 2.05) is 6.07 Å². The second kappa shape index (κ2) is 10.5. The highest BCUT2D eigenvalue weighted by Crippen LogP contribution is 2.37. The summed E-state index contributed by atoms with van der Waals surface area (Å²) in [6.07, 6.45) is 1.68. The summed E-state index contributed by atoms with van der Waals surface area (Å²) in [6.45, 7) is -0.182. The maximum Gasteiger partial charge on any atom is 0.270 e. The molecule has 0 saturated carbocycles. The monoisotopic (exact) mass is 494 g/mol. The average molecular weight is 495 g/mol. The zero-order valence-corrected chi connectivity index (χ0v) is 19.6. The number of amides is 2. The molecule has 1 aliphatic heterocycles. The summed E-state index contributed by atoms with van der Waals surface area (Å²) in [7, 11) is 1.53. The van der Waals surface area contributed by atoms with Crippen molar-refractivity contribution in [2.24, 2.45) is 0 Å². The number of para-hydroxylation sites is 3. The summed E-state index contributed by atoms with van der Waals surface area (Å²) >= 11 is 6.40. The number of hydrogen-bond acceptors (Lipinski definition) is 6. The van der Waals surface area contributed by atoms with Crippen LogP contribution in [0.3, 0.4) is 0 Å². The normalized spacial score (nSPS) is 14.4. The number of carbonyl (C=O) groups excluding carboxylic acids is 2. The highest BCUT2D eigenvalue weighted by molar-refractivity contribution is 8.27. The minimum atomic E-state index is -0.517. The Balaban J connectivity index is 1.38. The van der Waals surface area contributed by atoms with Crippen LogP contribution >= 0.6 is 24.0 Å². The summed E-state index contributed by atoms with van der Waals surface area (Å²) in [5.41, 5.74) is 1.42. The van der Waals surface area contributed by atoms with Crippen LogP contribution in [0.25, 0.3) is 6.08 Å². The lowest BCUT2D eigenvalue weighted by Crippen LogP contribution is -2.28. The lowest BCUT2D eigenvalue weighted by atomic mass is 10.2. The SMILES string of the molecule is COc1ccccc1NC(=O)COc1ccc(/C=C2/SC(=S)N(c3ccccc3F)C2=O)cc1. The van der Waals surface area contributed by atoms with Gasteiger partial charge >= 0.3 is 0 Å². The van der Waals surface area contributed by atoms with Gasteiger partial charge in [-0.25, -0.2) is 4.39 Å². The van der Waals surface area contributed by atoms with Crippen LogP contribution in [0.4, 0.5) is 15.8 Å². The Kier molecular flexibility index (Phi) is 7.24. The molecule has 0 atom stereocenters. The van der Waals surface area contributed by atoms with E-state index in [1.165, 1.54) is 24.1 Å². The van der Waals surface area contributed by atoms with Gasteiger partial charge in [-0.2, -0.15) is 0 Å². The smallest absolute Gasteiger partial charge is 0.270 e. The van der Waals surface area contributed by atoms with E-state index in [2.05, 4.69) is 5.32 Å². The summed E-state index contributed by atoms with van der Waals surface area (Å²) < 4.78 is 25.2. The van der Waals surface area contributed by atoms with Gasteiger partial charge in [0.25, 0.3) is 11.8 Å². The average Bonchev–Trinajstić information content (AvgIpc) is 3.12. The first kappa shape index (κ1) is 23.5. The fourth-order valence-electron chi connectivity index (χ4n) is 3.20. The fourth-order valence-corrected chi connectivity index (χ4v) is 4.49. The molecule has 0 aromatic heterocycles. The number of carbonyl (C=O) groups is 2. The van der Waals surface area contributed by atoms with E-state index in [9.17, 15) is 14.0 Å². The largest absolute Gasteiger partial charge is 0.495 e. The van der Waals surface area contributed by atoms with E-state index in [1.54, 1.807) is 60.7 Å². The molecule has 1 fully saturated rings. The maximum absolute atomic E-state index is 14.1. The van der Waals surface area contributed by atoms with Crippen LogP contribution in [0.15, 0.2) is 77.7 Å². The molecule has 1 heterocycles. The van der Waals surface area contributed by atoms with Crippen molar-refractivity contribution in [2.45, 2.75) is 0 Å². The lowest BCUT2D eigenvalue weighted by molar-refractivity contribution is -0.118. The van der Waals surface area contributed by atoms with E-state index in [0.717, 1.165) is 17.3 Å². The number of thiocarbonyl (C=S) groups is 1. The Morgan fingerprint density at radius 3 is 2.53 bits per heavy atom. The first-order valence-electron chi connectivity index (χ1n) is 10.1. The number of hydrogen-bond donors (Lipinski definition) is 1. The predicted octanol–water partition coefficient (Wildman–Crippen LogP) is 5.26. The molecule has 1 saturated heterocycles. The van der Waals surface area contributed by atoms with E-state index in [4.69, 9.17) is 21.7 Å². The van der Waals surface area contributed by atoms with Crippen molar-refractivity contribution < 1.29 is 23.5 Å². The number of ether oxygens (including phenoxy) is 2. The number of benzene rings is 3. The van der Waals surface area contributed by atoms with Crippen molar-refractivity contribution in [1.82, 2.24) is 0 Å². The Labute approximate surface area is 205 Å². The molecule has 3 aromatic carbocycles. The number of rotatable bonds is 7.